The number of hydrogen-bond donors (Lipinski definition) is 1. The Labute approximate surface area is 219 Å². The lowest BCUT2D eigenvalue weighted by Crippen LogP contribution is -2.38. The molecule has 0 unspecified atom stereocenters. The monoisotopic (exact) mass is 514 g/mol. The molecule has 4 aromatic rings. The van der Waals surface area contributed by atoms with Gasteiger partial charge in [-0.15, -0.1) is 5.10 Å². The van der Waals surface area contributed by atoms with Crippen molar-refractivity contribution in [2.45, 2.75) is 57.9 Å². The minimum Gasteiger partial charge on any atom is -0.370 e. The van der Waals surface area contributed by atoms with Crippen LogP contribution in [0.4, 0.5) is 8.78 Å². The number of rotatable bonds is 6. The van der Waals surface area contributed by atoms with Gasteiger partial charge >= 0.3 is 0 Å². The Morgan fingerprint density at radius 1 is 1.13 bits per heavy atom. The van der Waals surface area contributed by atoms with E-state index in [9.17, 15) is 13.6 Å². The molecule has 38 heavy (non-hydrogen) atoms. The number of primary amides is 1. The average molecular weight is 515 g/mol. The Kier molecular flexibility index (Phi) is 5.45. The van der Waals surface area contributed by atoms with E-state index in [-0.39, 0.29) is 34.9 Å². The van der Waals surface area contributed by atoms with E-state index in [0.29, 0.717) is 6.54 Å². The molecule has 0 spiro atoms. The summed E-state index contributed by atoms with van der Waals surface area (Å²) in [6.07, 6.45) is 5.59. The summed E-state index contributed by atoms with van der Waals surface area (Å²) < 4.78 is 30.8. The zero-order valence-electron chi connectivity index (χ0n) is 21.5. The fraction of sp³-hybridized carbons (Fsp3) is 0.345. The van der Waals surface area contributed by atoms with Crippen LogP contribution in [0.5, 0.6) is 0 Å². The van der Waals surface area contributed by atoms with Gasteiger partial charge in [0, 0.05) is 24.7 Å². The first-order valence-corrected chi connectivity index (χ1v) is 12.7. The largest absolute Gasteiger partial charge is 0.370 e. The predicted molar refractivity (Wildman–Crippen MR) is 138 cm³/mol. The first-order valence-electron chi connectivity index (χ1n) is 12.7. The van der Waals surface area contributed by atoms with Gasteiger partial charge in [0.25, 0.3) is 0 Å². The van der Waals surface area contributed by atoms with Crippen LogP contribution in [0.3, 0.4) is 0 Å². The maximum absolute atomic E-state index is 14.6. The van der Waals surface area contributed by atoms with Crippen LogP contribution in [0.25, 0.3) is 22.5 Å². The molecule has 9 heteroatoms. The highest BCUT2D eigenvalue weighted by Gasteiger charge is 2.65. The third kappa shape index (κ3) is 3.48. The summed E-state index contributed by atoms with van der Waals surface area (Å²) in [4.78, 5) is 16.3. The van der Waals surface area contributed by atoms with Crippen molar-refractivity contribution in [1.82, 2.24) is 25.0 Å². The smallest absolute Gasteiger partial charge is 0.219 e. The highest BCUT2D eigenvalue weighted by molar-refractivity contribution is 5.73. The molecule has 7 nitrogen and oxygen atoms in total. The van der Waals surface area contributed by atoms with E-state index in [1.54, 1.807) is 10.9 Å². The zero-order chi connectivity index (χ0) is 26.8. The quantitative estimate of drug-likeness (QED) is 0.387. The number of amides is 1. The van der Waals surface area contributed by atoms with Crippen LogP contribution < -0.4 is 5.73 Å². The summed E-state index contributed by atoms with van der Waals surface area (Å²) >= 11 is 0. The molecule has 6 rings (SSSR count). The number of benzene rings is 1. The Morgan fingerprint density at radius 2 is 1.89 bits per heavy atom. The van der Waals surface area contributed by atoms with Crippen molar-refractivity contribution in [2.75, 3.05) is 0 Å². The Morgan fingerprint density at radius 3 is 2.63 bits per heavy atom. The topological polar surface area (TPSA) is 99.6 Å². The van der Waals surface area contributed by atoms with Crippen LogP contribution in [0.15, 0.2) is 48.8 Å². The summed E-state index contributed by atoms with van der Waals surface area (Å²) in [5.74, 6) is -1.53. The second-order valence-electron chi connectivity index (χ2n) is 11.0. The van der Waals surface area contributed by atoms with Gasteiger partial charge in [-0.2, -0.15) is 10.2 Å². The molecule has 3 aromatic heterocycles. The number of aromatic nitrogens is 5. The lowest BCUT2D eigenvalue weighted by molar-refractivity contribution is -0.118. The molecule has 1 amide bonds. The SMILES string of the molecule is Cc1cc(-c2cnn(CCC(N)=O)c2)nc([C@@]23CC[C@@H](c4cc(-c5c(F)cccc5F)nnc42)C3(C)C)c1. The molecule has 1 aromatic carbocycles. The number of nitrogens with zero attached hydrogens (tertiary/aromatic N) is 5. The van der Waals surface area contributed by atoms with Crippen molar-refractivity contribution in [3.8, 4) is 22.5 Å². The van der Waals surface area contributed by atoms with Crippen molar-refractivity contribution in [1.29, 1.82) is 0 Å². The minimum absolute atomic E-state index is 0.151. The normalized spacial score (nSPS) is 21.0. The molecule has 0 saturated heterocycles. The second-order valence-corrected chi connectivity index (χ2v) is 11.0. The third-order valence-electron chi connectivity index (χ3n) is 8.52. The fourth-order valence-corrected chi connectivity index (χ4v) is 6.63. The van der Waals surface area contributed by atoms with E-state index < -0.39 is 17.0 Å². The Balaban J connectivity index is 1.46. The maximum Gasteiger partial charge on any atom is 0.219 e. The van der Waals surface area contributed by atoms with Crippen molar-refractivity contribution in [2.24, 2.45) is 11.1 Å². The van der Waals surface area contributed by atoms with Gasteiger partial charge in [-0.1, -0.05) is 19.9 Å². The molecular weight excluding hydrogens is 486 g/mol. The van der Waals surface area contributed by atoms with Crippen molar-refractivity contribution < 1.29 is 13.6 Å². The van der Waals surface area contributed by atoms with E-state index in [4.69, 9.17) is 10.7 Å². The van der Waals surface area contributed by atoms with Crippen LogP contribution in [-0.2, 0) is 16.8 Å². The van der Waals surface area contributed by atoms with Crippen LogP contribution in [0, 0.1) is 24.0 Å². The van der Waals surface area contributed by atoms with Gasteiger partial charge < -0.3 is 5.73 Å². The van der Waals surface area contributed by atoms with E-state index in [1.807, 2.05) is 25.3 Å². The van der Waals surface area contributed by atoms with Crippen LogP contribution >= 0.6 is 0 Å². The fourth-order valence-electron chi connectivity index (χ4n) is 6.63. The van der Waals surface area contributed by atoms with Crippen LogP contribution in [0.1, 0.15) is 61.5 Å². The van der Waals surface area contributed by atoms with Crippen molar-refractivity contribution >= 4 is 5.91 Å². The first kappa shape index (κ1) is 24.3. The number of carbonyl (C=O) groups is 1. The molecule has 2 aliphatic rings. The molecule has 194 valence electrons. The number of halogens is 2. The number of hydrogen-bond acceptors (Lipinski definition) is 5. The number of aryl methyl sites for hydroxylation is 2. The minimum atomic E-state index is -0.655. The molecule has 0 radical (unpaired) electrons. The number of pyridine rings is 1. The Hall–Kier alpha value is -4.01. The van der Waals surface area contributed by atoms with Crippen LogP contribution in [-0.4, -0.2) is 30.9 Å². The maximum atomic E-state index is 14.6. The zero-order valence-corrected chi connectivity index (χ0v) is 21.5. The first-order chi connectivity index (χ1) is 18.1. The molecule has 2 atom stereocenters. The predicted octanol–water partition coefficient (Wildman–Crippen LogP) is 5.07. The summed E-state index contributed by atoms with van der Waals surface area (Å²) in [6, 6.07) is 9.75. The molecular formula is C29H28F2N6O. The Bertz CT molecular complexity index is 1580. The average Bonchev–Trinajstić information content (AvgIpc) is 3.50. The highest BCUT2D eigenvalue weighted by atomic mass is 19.1. The molecule has 0 aliphatic heterocycles. The molecule has 2 N–H and O–H groups in total. The highest BCUT2D eigenvalue weighted by Crippen LogP contribution is 2.69. The standard InChI is InChI=1S/C29H28F2N6O/c1-16-11-22(17-14-33-37(15-17)10-8-25(32)38)34-24(12-16)29-9-7-19(28(29,2)3)18-13-23(35-36-27(18)29)26-20(30)5-4-6-21(26)31/h4-6,11-15,19H,7-10H2,1-3H3,(H2,32,38)/t19-,29-/m0/s1. The third-order valence-corrected chi connectivity index (χ3v) is 8.52. The van der Waals surface area contributed by atoms with Gasteiger partial charge in [0.15, 0.2) is 0 Å². The summed E-state index contributed by atoms with van der Waals surface area (Å²) in [5.41, 5.74) is 10.0. The number of carbonyl (C=O) groups excluding carboxylic acids is 1. The molecule has 2 bridgehead atoms. The van der Waals surface area contributed by atoms with Gasteiger partial charge in [-0.05, 0) is 72.6 Å². The summed E-state index contributed by atoms with van der Waals surface area (Å²) in [5, 5.41) is 13.3. The van der Waals surface area contributed by atoms with Gasteiger partial charge in [-0.25, -0.2) is 8.78 Å². The van der Waals surface area contributed by atoms with E-state index >= 15 is 0 Å². The number of fused-ring (bicyclic) bond motifs is 5. The van der Waals surface area contributed by atoms with Gasteiger partial charge in [0.1, 0.15) is 11.6 Å². The molecule has 1 fully saturated rings. The lowest BCUT2D eigenvalue weighted by Gasteiger charge is -2.37. The summed E-state index contributed by atoms with van der Waals surface area (Å²) in [6.45, 7) is 6.89. The second kappa shape index (κ2) is 8.51. The van der Waals surface area contributed by atoms with Crippen molar-refractivity contribution in [3.05, 3.63) is 82.9 Å². The van der Waals surface area contributed by atoms with Gasteiger partial charge in [-0.3, -0.25) is 14.5 Å². The molecule has 3 heterocycles. The van der Waals surface area contributed by atoms with E-state index in [1.165, 1.54) is 18.2 Å². The van der Waals surface area contributed by atoms with E-state index in [0.717, 1.165) is 46.6 Å². The number of nitrogens with two attached hydrogens (primary N) is 1. The van der Waals surface area contributed by atoms with E-state index in [2.05, 4.69) is 35.2 Å². The van der Waals surface area contributed by atoms with Crippen LogP contribution in [0.2, 0.25) is 0 Å². The lowest BCUT2D eigenvalue weighted by atomic mass is 9.66. The van der Waals surface area contributed by atoms with Gasteiger partial charge in [0.2, 0.25) is 5.91 Å². The van der Waals surface area contributed by atoms with Crippen molar-refractivity contribution in [3.63, 3.8) is 0 Å². The summed E-state index contributed by atoms with van der Waals surface area (Å²) in [7, 11) is 0. The molecule has 1 saturated carbocycles. The van der Waals surface area contributed by atoms with Gasteiger partial charge in [0.05, 0.1) is 40.0 Å². The molecule has 2 aliphatic carbocycles.